The fourth-order valence-corrected chi connectivity index (χ4v) is 4.90. The lowest BCUT2D eigenvalue weighted by Crippen LogP contribution is -2.26. The fourth-order valence-electron chi connectivity index (χ4n) is 3.30. The van der Waals surface area contributed by atoms with E-state index in [1.54, 1.807) is 36.8 Å². The van der Waals surface area contributed by atoms with Gasteiger partial charge in [0.05, 0.1) is 31.2 Å². The third-order valence-electron chi connectivity index (χ3n) is 4.84. The van der Waals surface area contributed by atoms with E-state index in [-0.39, 0.29) is 34.6 Å². The number of halogens is 1. The highest BCUT2D eigenvalue weighted by atomic mass is 32.2. The van der Waals surface area contributed by atoms with Crippen LogP contribution in [0.15, 0.2) is 63.9 Å². The maximum absolute atomic E-state index is 14.5. The van der Waals surface area contributed by atoms with E-state index in [0.717, 1.165) is 17.3 Å². The molecule has 4 aromatic rings. The van der Waals surface area contributed by atoms with Gasteiger partial charge in [-0.1, -0.05) is 36.0 Å². The zero-order chi connectivity index (χ0) is 23.4. The zero-order valence-electron chi connectivity index (χ0n) is 17.8. The van der Waals surface area contributed by atoms with Crippen LogP contribution in [0.3, 0.4) is 0 Å². The van der Waals surface area contributed by atoms with Gasteiger partial charge in [-0.05, 0) is 29.6 Å². The molecule has 2 heterocycles. The van der Waals surface area contributed by atoms with Crippen molar-refractivity contribution in [3.8, 4) is 17.2 Å². The summed E-state index contributed by atoms with van der Waals surface area (Å²) in [5, 5.41) is 4.83. The number of carbonyl (C=O) groups excluding carboxylic acids is 1. The van der Waals surface area contributed by atoms with Gasteiger partial charge in [0.25, 0.3) is 5.56 Å². The van der Waals surface area contributed by atoms with Crippen LogP contribution in [0, 0.1) is 5.82 Å². The lowest BCUT2D eigenvalue weighted by atomic mass is 10.2. The van der Waals surface area contributed by atoms with Gasteiger partial charge in [0, 0.05) is 12.1 Å². The molecule has 0 aliphatic heterocycles. The number of aromatic nitrogens is 2. The number of para-hydroxylation sites is 2. The topological polar surface area (TPSA) is 82.5 Å². The quantitative estimate of drug-likeness (QED) is 0.300. The molecule has 33 heavy (non-hydrogen) atoms. The zero-order valence-corrected chi connectivity index (χ0v) is 19.5. The Morgan fingerprint density at radius 1 is 1.15 bits per heavy atom. The predicted octanol–water partition coefficient (Wildman–Crippen LogP) is 4.01. The summed E-state index contributed by atoms with van der Waals surface area (Å²) in [5.74, 6) is 0.285. The number of fused-ring (bicyclic) bond motifs is 1. The highest BCUT2D eigenvalue weighted by molar-refractivity contribution is 7.99. The second-order valence-corrected chi connectivity index (χ2v) is 8.70. The number of nitrogens with one attached hydrogen (secondary N) is 1. The van der Waals surface area contributed by atoms with Crippen LogP contribution >= 0.6 is 23.1 Å². The molecule has 0 atom stereocenters. The third-order valence-corrected chi connectivity index (χ3v) is 6.67. The minimum atomic E-state index is -0.547. The fraction of sp³-hybridized carbons (Fsp3) is 0.174. The summed E-state index contributed by atoms with van der Waals surface area (Å²) in [7, 11) is 3.08. The first-order valence-electron chi connectivity index (χ1n) is 9.88. The molecule has 0 aliphatic rings. The molecule has 170 valence electrons. The first-order chi connectivity index (χ1) is 16.0. The molecule has 0 saturated carbocycles. The van der Waals surface area contributed by atoms with Crippen LogP contribution in [0.1, 0.15) is 5.56 Å². The number of hydrogen-bond acceptors (Lipinski definition) is 7. The van der Waals surface area contributed by atoms with E-state index in [0.29, 0.717) is 21.7 Å². The van der Waals surface area contributed by atoms with Gasteiger partial charge in [-0.25, -0.2) is 9.37 Å². The molecule has 0 unspecified atom stereocenters. The molecule has 0 radical (unpaired) electrons. The third kappa shape index (κ3) is 4.71. The van der Waals surface area contributed by atoms with Crippen molar-refractivity contribution in [2.24, 2.45) is 0 Å². The van der Waals surface area contributed by atoms with Crippen LogP contribution in [-0.4, -0.2) is 35.4 Å². The predicted molar refractivity (Wildman–Crippen MR) is 127 cm³/mol. The number of rotatable bonds is 8. The highest BCUT2D eigenvalue weighted by Crippen LogP contribution is 2.30. The largest absolute Gasteiger partial charge is 0.493 e. The summed E-state index contributed by atoms with van der Waals surface area (Å²) >= 11 is 2.31. The average molecular weight is 486 g/mol. The molecule has 4 rings (SSSR count). The Bertz CT molecular complexity index is 1370. The van der Waals surface area contributed by atoms with E-state index in [9.17, 15) is 14.0 Å². The van der Waals surface area contributed by atoms with Gasteiger partial charge >= 0.3 is 0 Å². The number of ether oxygens (including phenoxy) is 2. The first-order valence-corrected chi connectivity index (χ1v) is 11.7. The van der Waals surface area contributed by atoms with Crippen LogP contribution in [0.4, 0.5) is 4.39 Å². The molecule has 0 saturated heterocycles. The highest BCUT2D eigenvalue weighted by Gasteiger charge is 2.18. The van der Waals surface area contributed by atoms with Crippen LogP contribution in [-0.2, 0) is 11.3 Å². The lowest BCUT2D eigenvalue weighted by Gasteiger charge is -2.14. The monoisotopic (exact) mass is 485 g/mol. The molecular weight excluding hydrogens is 465 g/mol. The Kier molecular flexibility index (Phi) is 6.95. The maximum Gasteiger partial charge on any atom is 0.276 e. The van der Waals surface area contributed by atoms with E-state index in [4.69, 9.17) is 9.47 Å². The number of thioether (sulfide) groups is 1. The van der Waals surface area contributed by atoms with Gasteiger partial charge in [0.1, 0.15) is 10.5 Å². The van der Waals surface area contributed by atoms with E-state index < -0.39 is 5.82 Å². The molecule has 0 fully saturated rings. The summed E-state index contributed by atoms with van der Waals surface area (Å²) in [4.78, 5) is 30.1. The number of thiophene rings is 1. The second kappa shape index (κ2) is 10.1. The van der Waals surface area contributed by atoms with E-state index >= 15 is 0 Å². The normalized spacial score (nSPS) is 10.9. The van der Waals surface area contributed by atoms with Gasteiger partial charge in [-0.15, -0.1) is 11.3 Å². The Labute approximate surface area is 197 Å². The smallest absolute Gasteiger partial charge is 0.276 e. The van der Waals surface area contributed by atoms with Crippen molar-refractivity contribution in [3.05, 3.63) is 75.6 Å². The number of methoxy groups -OCH3 is 2. The van der Waals surface area contributed by atoms with Crippen molar-refractivity contribution in [2.75, 3.05) is 20.0 Å². The molecule has 0 aliphatic carbocycles. The molecular formula is C23H20FN3O4S2. The van der Waals surface area contributed by atoms with Crippen molar-refractivity contribution in [2.45, 2.75) is 11.7 Å². The SMILES string of the molecule is COc1cccc(CNC(=O)CSc2nc3ccsc3c(=O)n2-c2ccccc2F)c1OC. The Morgan fingerprint density at radius 3 is 2.73 bits per heavy atom. The van der Waals surface area contributed by atoms with Crippen molar-refractivity contribution in [1.29, 1.82) is 0 Å². The van der Waals surface area contributed by atoms with Gasteiger partial charge in [0.2, 0.25) is 5.91 Å². The second-order valence-electron chi connectivity index (χ2n) is 6.84. The number of hydrogen-bond donors (Lipinski definition) is 1. The standard InChI is InChI=1S/C23H20FN3O4S2/c1-30-18-9-5-6-14(20(18)31-2)12-25-19(28)13-33-23-26-16-10-11-32-21(16)22(29)27(23)17-8-4-3-7-15(17)24/h3-11H,12-13H2,1-2H3,(H,25,28). The molecule has 1 amide bonds. The van der Waals surface area contributed by atoms with Crippen molar-refractivity contribution in [3.63, 3.8) is 0 Å². The van der Waals surface area contributed by atoms with Gasteiger partial charge in [-0.3, -0.25) is 14.2 Å². The van der Waals surface area contributed by atoms with Crippen LogP contribution in [0.25, 0.3) is 15.9 Å². The minimum absolute atomic E-state index is 0.0111. The van der Waals surface area contributed by atoms with Crippen LogP contribution < -0.4 is 20.3 Å². The van der Waals surface area contributed by atoms with E-state index in [2.05, 4.69) is 10.3 Å². The minimum Gasteiger partial charge on any atom is -0.493 e. The molecule has 0 spiro atoms. The maximum atomic E-state index is 14.5. The van der Waals surface area contributed by atoms with Crippen LogP contribution in [0.2, 0.25) is 0 Å². The number of nitrogens with zero attached hydrogens (tertiary/aromatic N) is 2. The lowest BCUT2D eigenvalue weighted by molar-refractivity contribution is -0.118. The molecule has 0 bridgehead atoms. The number of benzene rings is 2. The van der Waals surface area contributed by atoms with Crippen molar-refractivity contribution >= 4 is 39.2 Å². The molecule has 2 aromatic carbocycles. The number of amides is 1. The molecule has 10 heteroatoms. The Morgan fingerprint density at radius 2 is 1.97 bits per heavy atom. The summed E-state index contributed by atoms with van der Waals surface area (Å²) in [6.07, 6.45) is 0. The van der Waals surface area contributed by atoms with Crippen molar-refractivity contribution in [1.82, 2.24) is 14.9 Å². The first kappa shape index (κ1) is 22.8. The van der Waals surface area contributed by atoms with Gasteiger partial charge in [-0.2, -0.15) is 0 Å². The Balaban J connectivity index is 1.55. The van der Waals surface area contributed by atoms with Gasteiger partial charge < -0.3 is 14.8 Å². The number of carbonyl (C=O) groups is 1. The van der Waals surface area contributed by atoms with Crippen LogP contribution in [0.5, 0.6) is 11.5 Å². The molecule has 2 aromatic heterocycles. The van der Waals surface area contributed by atoms with E-state index in [1.165, 1.54) is 35.1 Å². The molecule has 7 nitrogen and oxygen atoms in total. The summed E-state index contributed by atoms with van der Waals surface area (Å²) in [6, 6.07) is 13.1. The Hall–Kier alpha value is -3.37. The summed E-state index contributed by atoms with van der Waals surface area (Å²) in [5.41, 5.74) is 0.997. The average Bonchev–Trinajstić information content (AvgIpc) is 3.31. The summed E-state index contributed by atoms with van der Waals surface area (Å²) < 4.78 is 26.8. The van der Waals surface area contributed by atoms with E-state index in [1.807, 2.05) is 12.1 Å². The summed E-state index contributed by atoms with van der Waals surface area (Å²) in [6.45, 7) is 0.233. The molecule has 1 N–H and O–H groups in total. The van der Waals surface area contributed by atoms with Gasteiger partial charge in [0.15, 0.2) is 16.7 Å². The van der Waals surface area contributed by atoms with Crippen molar-refractivity contribution < 1.29 is 18.7 Å².